The lowest BCUT2D eigenvalue weighted by Gasteiger charge is -2.18. The number of hydrogen-bond donors (Lipinski definition) is 1. The van der Waals surface area contributed by atoms with Crippen LogP contribution in [0.4, 0.5) is 5.69 Å². The first-order valence-corrected chi connectivity index (χ1v) is 10.1. The number of aryl methyl sites for hydroxylation is 3. The summed E-state index contributed by atoms with van der Waals surface area (Å²) in [5.41, 5.74) is 3.91. The molecule has 2 aliphatic rings. The number of aliphatic hydroxyl groups excluding tert-OH is 1. The zero-order valence-corrected chi connectivity index (χ0v) is 16.5. The first-order valence-electron chi connectivity index (χ1n) is 10.1. The van der Waals surface area contributed by atoms with Gasteiger partial charge in [-0.25, -0.2) is 0 Å². The Morgan fingerprint density at radius 2 is 1.86 bits per heavy atom. The van der Waals surface area contributed by atoms with Crippen LogP contribution < -0.4 is 0 Å². The Labute approximate surface area is 169 Å². The molecule has 4 rings (SSSR count). The van der Waals surface area contributed by atoms with Gasteiger partial charge in [0.25, 0.3) is 0 Å². The summed E-state index contributed by atoms with van der Waals surface area (Å²) < 4.78 is 5.31. The predicted octanol–water partition coefficient (Wildman–Crippen LogP) is 4.77. The fourth-order valence-corrected chi connectivity index (χ4v) is 4.02. The molecule has 1 fully saturated rings. The van der Waals surface area contributed by atoms with Gasteiger partial charge < -0.3 is 9.63 Å². The van der Waals surface area contributed by atoms with Gasteiger partial charge in [-0.05, 0) is 37.8 Å². The second kappa shape index (κ2) is 8.15. The number of fused-ring (bicyclic) bond motifs is 1. The summed E-state index contributed by atoms with van der Waals surface area (Å²) in [6.45, 7) is 1.97. The van der Waals surface area contributed by atoms with E-state index in [0.717, 1.165) is 24.1 Å². The van der Waals surface area contributed by atoms with Crippen LogP contribution >= 0.6 is 0 Å². The SMILES string of the molecule is Cc1ccccc1N=C1CCCC(=O)C1=C(O)CCc1noc2c1C(=O)CCC2. The Hall–Kier alpha value is -3.02. The molecule has 150 valence electrons. The summed E-state index contributed by atoms with van der Waals surface area (Å²) >= 11 is 0. The molecule has 6 heteroatoms. The first kappa shape index (κ1) is 19.3. The van der Waals surface area contributed by atoms with E-state index in [1.54, 1.807) is 0 Å². The van der Waals surface area contributed by atoms with E-state index in [1.807, 2.05) is 31.2 Å². The summed E-state index contributed by atoms with van der Waals surface area (Å²) in [6, 6.07) is 7.73. The first-order chi connectivity index (χ1) is 14.0. The number of hydrogen-bond acceptors (Lipinski definition) is 6. The molecule has 1 N–H and O–H groups in total. The van der Waals surface area contributed by atoms with Crippen LogP contribution in [0.25, 0.3) is 0 Å². The quantitative estimate of drug-likeness (QED) is 0.597. The zero-order chi connectivity index (χ0) is 20.4. The van der Waals surface area contributed by atoms with Gasteiger partial charge in [-0.3, -0.25) is 14.6 Å². The fourth-order valence-electron chi connectivity index (χ4n) is 4.02. The Bertz CT molecular complexity index is 1030. The highest BCUT2D eigenvalue weighted by atomic mass is 16.5. The molecule has 0 radical (unpaired) electrons. The minimum absolute atomic E-state index is 0.0158. The Balaban J connectivity index is 1.61. The van der Waals surface area contributed by atoms with E-state index in [2.05, 4.69) is 10.1 Å². The van der Waals surface area contributed by atoms with Crippen LogP contribution in [-0.2, 0) is 17.6 Å². The van der Waals surface area contributed by atoms with E-state index in [0.29, 0.717) is 60.4 Å². The lowest BCUT2D eigenvalue weighted by Crippen LogP contribution is -2.21. The molecular formula is C23H24N2O4. The van der Waals surface area contributed by atoms with E-state index in [-0.39, 0.29) is 23.7 Å². The lowest BCUT2D eigenvalue weighted by atomic mass is 9.88. The number of aromatic nitrogens is 1. The average Bonchev–Trinajstić information content (AvgIpc) is 3.12. The van der Waals surface area contributed by atoms with Crippen LogP contribution in [0, 0.1) is 6.92 Å². The molecule has 0 aliphatic heterocycles. The summed E-state index contributed by atoms with van der Waals surface area (Å²) in [4.78, 5) is 29.5. The van der Waals surface area contributed by atoms with Gasteiger partial charge in [0.15, 0.2) is 11.6 Å². The Kier molecular flexibility index (Phi) is 5.43. The molecule has 1 saturated carbocycles. The second-order valence-corrected chi connectivity index (χ2v) is 7.65. The molecule has 2 aliphatic carbocycles. The highest BCUT2D eigenvalue weighted by Crippen LogP contribution is 2.29. The number of carbonyl (C=O) groups excluding carboxylic acids is 2. The van der Waals surface area contributed by atoms with Gasteiger partial charge in [-0.1, -0.05) is 23.4 Å². The second-order valence-electron chi connectivity index (χ2n) is 7.65. The van der Waals surface area contributed by atoms with Crippen LogP contribution in [0.1, 0.15) is 65.9 Å². The number of Topliss-reactive ketones (excluding diaryl/α,β-unsaturated/α-hetero) is 2. The normalized spacial score (nSPS) is 20.1. The van der Waals surface area contributed by atoms with E-state index in [9.17, 15) is 14.7 Å². The molecule has 0 spiro atoms. The van der Waals surface area contributed by atoms with Crippen molar-refractivity contribution in [2.24, 2.45) is 4.99 Å². The summed E-state index contributed by atoms with van der Waals surface area (Å²) in [5, 5.41) is 14.8. The molecule has 1 aromatic heterocycles. The van der Waals surface area contributed by atoms with Crippen molar-refractivity contribution in [2.45, 2.75) is 58.3 Å². The predicted molar refractivity (Wildman–Crippen MR) is 109 cm³/mol. The molecule has 0 saturated heterocycles. The number of aliphatic hydroxyl groups is 1. The van der Waals surface area contributed by atoms with Gasteiger partial charge in [0.05, 0.1) is 28.2 Å². The third-order valence-electron chi connectivity index (χ3n) is 5.56. The van der Waals surface area contributed by atoms with Crippen LogP contribution in [0.2, 0.25) is 0 Å². The van der Waals surface area contributed by atoms with Crippen molar-refractivity contribution in [2.75, 3.05) is 0 Å². The maximum atomic E-state index is 12.6. The topological polar surface area (TPSA) is 92.8 Å². The van der Waals surface area contributed by atoms with E-state index < -0.39 is 0 Å². The number of rotatable bonds is 4. The Morgan fingerprint density at radius 3 is 2.69 bits per heavy atom. The van der Waals surface area contributed by atoms with Crippen molar-refractivity contribution >= 4 is 23.0 Å². The van der Waals surface area contributed by atoms with Gasteiger partial charge in [0.1, 0.15) is 11.5 Å². The standard InChI is InChI=1S/C23H24N2O4/c1-14-6-2-3-7-15(14)24-16-8-4-9-18(26)22(16)20(28)13-12-17-23-19(27)10-5-11-21(23)29-25-17/h2-3,6-7,28H,4-5,8-13H2,1H3. The molecule has 1 aromatic carbocycles. The van der Waals surface area contributed by atoms with Crippen molar-refractivity contribution in [3.63, 3.8) is 0 Å². The summed E-state index contributed by atoms with van der Waals surface area (Å²) in [6.07, 6.45) is 4.35. The average molecular weight is 392 g/mol. The number of aliphatic imine (C=N–C) groups is 1. The molecule has 29 heavy (non-hydrogen) atoms. The number of nitrogens with zero attached hydrogens (tertiary/aromatic N) is 2. The van der Waals surface area contributed by atoms with Crippen molar-refractivity contribution in [1.29, 1.82) is 0 Å². The smallest absolute Gasteiger partial charge is 0.168 e. The lowest BCUT2D eigenvalue weighted by molar-refractivity contribution is -0.115. The fraction of sp³-hybridized carbons (Fsp3) is 0.391. The van der Waals surface area contributed by atoms with E-state index in [4.69, 9.17) is 4.52 Å². The van der Waals surface area contributed by atoms with Gasteiger partial charge >= 0.3 is 0 Å². The largest absolute Gasteiger partial charge is 0.511 e. The summed E-state index contributed by atoms with van der Waals surface area (Å²) in [5.74, 6) is 0.616. The number of allylic oxidation sites excluding steroid dienone is 2. The van der Waals surface area contributed by atoms with Gasteiger partial charge in [0, 0.05) is 32.1 Å². The minimum Gasteiger partial charge on any atom is -0.511 e. The van der Waals surface area contributed by atoms with Gasteiger partial charge in [-0.15, -0.1) is 0 Å². The summed E-state index contributed by atoms with van der Waals surface area (Å²) in [7, 11) is 0. The maximum Gasteiger partial charge on any atom is 0.168 e. The number of ketones is 2. The number of carbonyl (C=O) groups is 2. The van der Waals surface area contributed by atoms with Crippen molar-refractivity contribution in [3.05, 3.63) is 58.2 Å². The third-order valence-corrected chi connectivity index (χ3v) is 5.56. The molecule has 0 unspecified atom stereocenters. The molecular weight excluding hydrogens is 368 g/mol. The zero-order valence-electron chi connectivity index (χ0n) is 16.5. The number of benzene rings is 1. The van der Waals surface area contributed by atoms with E-state index in [1.165, 1.54) is 0 Å². The van der Waals surface area contributed by atoms with Crippen molar-refractivity contribution in [1.82, 2.24) is 5.16 Å². The van der Waals surface area contributed by atoms with Crippen molar-refractivity contribution < 1.29 is 19.2 Å². The Morgan fingerprint density at radius 1 is 1.10 bits per heavy atom. The number of para-hydroxylation sites is 1. The highest BCUT2D eigenvalue weighted by Gasteiger charge is 2.28. The molecule has 6 nitrogen and oxygen atoms in total. The highest BCUT2D eigenvalue weighted by molar-refractivity contribution is 6.24. The maximum absolute atomic E-state index is 12.6. The van der Waals surface area contributed by atoms with Gasteiger partial charge in [-0.2, -0.15) is 0 Å². The molecule has 1 heterocycles. The van der Waals surface area contributed by atoms with E-state index >= 15 is 0 Å². The molecule has 0 atom stereocenters. The monoisotopic (exact) mass is 392 g/mol. The minimum atomic E-state index is -0.0839. The van der Waals surface area contributed by atoms with Crippen LogP contribution in [0.15, 0.2) is 45.1 Å². The van der Waals surface area contributed by atoms with Gasteiger partial charge in [0.2, 0.25) is 0 Å². The molecule has 0 bridgehead atoms. The third kappa shape index (κ3) is 3.92. The van der Waals surface area contributed by atoms with Crippen LogP contribution in [-0.4, -0.2) is 27.5 Å². The molecule has 2 aromatic rings. The van der Waals surface area contributed by atoms with Crippen LogP contribution in [0.3, 0.4) is 0 Å². The van der Waals surface area contributed by atoms with Crippen LogP contribution in [0.5, 0.6) is 0 Å². The molecule has 0 amide bonds. The van der Waals surface area contributed by atoms with Crippen molar-refractivity contribution in [3.8, 4) is 0 Å².